The highest BCUT2D eigenvalue weighted by molar-refractivity contribution is 7.47. The summed E-state index contributed by atoms with van der Waals surface area (Å²) < 4.78 is 33.5. The van der Waals surface area contributed by atoms with E-state index in [2.05, 4.69) is 38.2 Å². The van der Waals surface area contributed by atoms with Crippen molar-refractivity contribution in [1.82, 2.24) is 0 Å². The summed E-state index contributed by atoms with van der Waals surface area (Å²) in [4.78, 5) is 35.6. The molecule has 57 heavy (non-hydrogen) atoms. The minimum absolute atomic E-state index is 0.0831. The minimum Gasteiger partial charge on any atom is -0.462 e. The van der Waals surface area contributed by atoms with Crippen molar-refractivity contribution < 1.29 is 63.1 Å². The van der Waals surface area contributed by atoms with Gasteiger partial charge in [-0.25, -0.2) is 4.57 Å². The van der Waals surface area contributed by atoms with Crippen LogP contribution in [0.15, 0.2) is 24.3 Å². The van der Waals surface area contributed by atoms with Gasteiger partial charge in [-0.15, -0.1) is 0 Å². The highest BCUT2D eigenvalue weighted by Gasteiger charge is 2.51. The van der Waals surface area contributed by atoms with Gasteiger partial charge in [-0.05, 0) is 44.9 Å². The van der Waals surface area contributed by atoms with Crippen LogP contribution in [0.1, 0.15) is 181 Å². The Bertz CT molecular complexity index is 1100. The molecule has 14 heteroatoms. The Morgan fingerprint density at radius 3 is 1.46 bits per heavy atom. The van der Waals surface area contributed by atoms with Gasteiger partial charge in [-0.2, -0.15) is 0 Å². The van der Waals surface area contributed by atoms with E-state index in [0.29, 0.717) is 12.8 Å². The Morgan fingerprint density at radius 1 is 0.544 bits per heavy atom. The van der Waals surface area contributed by atoms with Crippen LogP contribution in [0.2, 0.25) is 0 Å². The van der Waals surface area contributed by atoms with Gasteiger partial charge in [0.25, 0.3) is 0 Å². The highest BCUT2D eigenvalue weighted by atomic mass is 31.2. The summed E-state index contributed by atoms with van der Waals surface area (Å²) in [6.45, 7) is 3.25. The molecule has 1 aliphatic carbocycles. The lowest BCUT2D eigenvalue weighted by Gasteiger charge is -2.41. The maximum atomic E-state index is 12.8. The number of hydrogen-bond donors (Lipinski definition) is 6. The molecule has 0 aromatic heterocycles. The lowest BCUT2D eigenvalue weighted by atomic mass is 9.85. The lowest BCUT2D eigenvalue weighted by Crippen LogP contribution is -2.64. The second-order valence-corrected chi connectivity index (χ2v) is 17.0. The number of allylic oxidation sites excluding steroid dienone is 4. The van der Waals surface area contributed by atoms with Crippen LogP contribution in [0.5, 0.6) is 0 Å². The average Bonchev–Trinajstić information content (AvgIpc) is 3.19. The Morgan fingerprint density at radius 2 is 0.947 bits per heavy atom. The Labute approximate surface area is 343 Å². The van der Waals surface area contributed by atoms with Crippen LogP contribution in [0.25, 0.3) is 0 Å². The molecule has 0 saturated heterocycles. The smallest absolute Gasteiger partial charge is 0.462 e. The number of carbonyl (C=O) groups is 2. The number of esters is 2. The van der Waals surface area contributed by atoms with Gasteiger partial charge in [0.05, 0.1) is 6.61 Å². The van der Waals surface area contributed by atoms with Crippen molar-refractivity contribution in [2.45, 2.75) is 224 Å². The number of ether oxygens (including phenoxy) is 2. The van der Waals surface area contributed by atoms with E-state index >= 15 is 0 Å². The van der Waals surface area contributed by atoms with Gasteiger partial charge < -0.3 is 39.9 Å². The molecule has 8 atom stereocenters. The Balaban J connectivity index is 2.49. The Kier molecular flexibility index (Phi) is 31.9. The second-order valence-electron chi connectivity index (χ2n) is 15.6. The summed E-state index contributed by atoms with van der Waals surface area (Å²) in [6.07, 6.45) is 22.3. The molecule has 1 rings (SSSR count). The van der Waals surface area contributed by atoms with Crippen molar-refractivity contribution in [2.75, 3.05) is 13.2 Å². The molecule has 0 amide bonds. The van der Waals surface area contributed by atoms with Crippen molar-refractivity contribution in [2.24, 2.45) is 0 Å². The summed E-state index contributed by atoms with van der Waals surface area (Å²) >= 11 is 0. The van der Waals surface area contributed by atoms with Crippen molar-refractivity contribution in [3.63, 3.8) is 0 Å². The van der Waals surface area contributed by atoms with Gasteiger partial charge in [0.15, 0.2) is 6.10 Å². The number of aliphatic hydroxyl groups excluding tert-OH is 5. The molecule has 1 fully saturated rings. The predicted molar refractivity (Wildman–Crippen MR) is 221 cm³/mol. The second kappa shape index (κ2) is 34.1. The summed E-state index contributed by atoms with van der Waals surface area (Å²) in [7, 11) is -5.11. The fraction of sp³-hybridized carbons (Fsp3) is 0.860. The number of phosphoric acid groups is 1. The van der Waals surface area contributed by atoms with Crippen LogP contribution < -0.4 is 0 Å². The third-order valence-corrected chi connectivity index (χ3v) is 11.3. The number of carbonyl (C=O) groups excluding carboxylic acids is 2. The first-order valence-electron chi connectivity index (χ1n) is 22.1. The van der Waals surface area contributed by atoms with Crippen molar-refractivity contribution >= 4 is 19.8 Å². The summed E-state index contributed by atoms with van der Waals surface area (Å²) in [5, 5.41) is 50.1. The van der Waals surface area contributed by atoms with Gasteiger partial charge in [0.1, 0.15) is 43.2 Å². The van der Waals surface area contributed by atoms with Gasteiger partial charge >= 0.3 is 19.8 Å². The summed E-state index contributed by atoms with van der Waals surface area (Å²) in [5.41, 5.74) is 0. The number of hydrogen-bond acceptors (Lipinski definition) is 12. The monoisotopic (exact) mass is 835 g/mol. The van der Waals surface area contributed by atoms with E-state index in [9.17, 15) is 44.6 Å². The number of unbranched alkanes of at least 4 members (excludes halogenated alkanes) is 20. The highest BCUT2D eigenvalue weighted by Crippen LogP contribution is 2.47. The third kappa shape index (κ3) is 26.9. The molecule has 0 aliphatic heterocycles. The van der Waals surface area contributed by atoms with E-state index in [1.807, 2.05) is 0 Å². The molecule has 6 N–H and O–H groups in total. The van der Waals surface area contributed by atoms with Crippen molar-refractivity contribution in [3.8, 4) is 0 Å². The first-order chi connectivity index (χ1) is 27.4. The molecule has 1 saturated carbocycles. The number of rotatable bonds is 36. The summed E-state index contributed by atoms with van der Waals surface area (Å²) in [5.74, 6) is -1.11. The van der Waals surface area contributed by atoms with E-state index in [-0.39, 0.29) is 12.8 Å². The zero-order valence-electron chi connectivity index (χ0n) is 35.1. The Hall–Kier alpha value is -1.67. The van der Waals surface area contributed by atoms with Crippen LogP contribution in [0.3, 0.4) is 0 Å². The molecule has 1 aliphatic rings. The fourth-order valence-corrected chi connectivity index (χ4v) is 7.64. The lowest BCUT2D eigenvalue weighted by molar-refractivity contribution is -0.220. The van der Waals surface area contributed by atoms with Crippen LogP contribution >= 0.6 is 7.82 Å². The fourth-order valence-electron chi connectivity index (χ4n) is 6.67. The molecular formula is C43H79O13P. The molecule has 0 spiro atoms. The summed E-state index contributed by atoms with van der Waals surface area (Å²) in [6, 6.07) is 0. The average molecular weight is 835 g/mol. The zero-order chi connectivity index (χ0) is 42.2. The molecular weight excluding hydrogens is 755 g/mol. The molecule has 0 heterocycles. The van der Waals surface area contributed by atoms with Crippen LogP contribution in [0.4, 0.5) is 0 Å². The largest absolute Gasteiger partial charge is 0.472 e. The number of aliphatic hydroxyl groups is 5. The maximum absolute atomic E-state index is 12.8. The van der Waals surface area contributed by atoms with Crippen molar-refractivity contribution in [1.29, 1.82) is 0 Å². The normalized spacial score (nSPS) is 22.9. The van der Waals surface area contributed by atoms with Crippen LogP contribution in [0, 0.1) is 0 Å². The van der Waals surface area contributed by atoms with Crippen LogP contribution in [-0.4, -0.2) is 98.3 Å². The topological polar surface area (TPSA) is 210 Å². The van der Waals surface area contributed by atoms with E-state index in [1.54, 1.807) is 0 Å². The van der Waals surface area contributed by atoms with E-state index < -0.39 is 75.7 Å². The van der Waals surface area contributed by atoms with E-state index in [4.69, 9.17) is 18.5 Å². The van der Waals surface area contributed by atoms with Gasteiger partial charge in [-0.1, -0.05) is 147 Å². The van der Waals surface area contributed by atoms with Gasteiger partial charge in [0.2, 0.25) is 0 Å². The minimum atomic E-state index is -5.11. The first-order valence-corrected chi connectivity index (χ1v) is 23.6. The molecule has 334 valence electrons. The molecule has 0 aromatic carbocycles. The third-order valence-electron chi connectivity index (χ3n) is 10.3. The molecule has 4 unspecified atom stereocenters. The van der Waals surface area contributed by atoms with Gasteiger partial charge in [-0.3, -0.25) is 18.6 Å². The van der Waals surface area contributed by atoms with Gasteiger partial charge in [0, 0.05) is 12.8 Å². The van der Waals surface area contributed by atoms with E-state index in [1.165, 1.54) is 77.0 Å². The molecule has 13 nitrogen and oxygen atoms in total. The van der Waals surface area contributed by atoms with E-state index in [0.717, 1.165) is 64.2 Å². The maximum Gasteiger partial charge on any atom is 0.472 e. The van der Waals surface area contributed by atoms with Crippen LogP contribution in [-0.2, 0) is 32.7 Å². The predicted octanol–water partition coefficient (Wildman–Crippen LogP) is 8.06. The number of phosphoric ester groups is 1. The van der Waals surface area contributed by atoms with Crippen molar-refractivity contribution in [3.05, 3.63) is 24.3 Å². The zero-order valence-corrected chi connectivity index (χ0v) is 36.0. The quantitative estimate of drug-likeness (QED) is 0.0153. The standard InChI is InChI=1S/C43H79O13P/c1-3-5-7-9-11-13-15-17-18-20-22-24-26-28-30-32-37(45)55-35(34-54-57(51,52)56-43-41(49)39(47)38(46)40(48)42(43)50)33-53-36(44)31-29-27-25-23-21-19-16-14-12-10-8-6-4-2/h11,13,17-18,35,38-43,46-50H,3-10,12,14-16,19-34H2,1-2H3,(H,51,52)/b13-11+,18-17+/t35?,38?,39-,40+,41-,42-,43?/m1/s1. The first kappa shape index (κ1) is 53.3. The molecule has 0 bridgehead atoms. The molecule has 0 radical (unpaired) electrons. The molecule has 0 aromatic rings. The SMILES string of the molecule is CCCCC/C=C/C/C=C/CCCCCCCC(=O)OC(COC(=O)CCCCCCCCCCCCCCC)COP(=O)(O)OC1[C@H](O)[C@H](O)C(O)[C@H](O)[C@H]1O.